The standard InChI is InChI=1S/C17H13BrFN3O/c1-11-10-16(20-17(23)12-6-2-3-7-13(12)18)22(21-11)15-9-5-4-8-14(15)19/h2-10H,1H3,(H,20,23). The molecular formula is C17H13BrFN3O. The van der Waals surface area contributed by atoms with E-state index in [1.807, 2.05) is 6.07 Å². The normalized spacial score (nSPS) is 10.6. The van der Waals surface area contributed by atoms with Crippen LogP contribution >= 0.6 is 15.9 Å². The van der Waals surface area contributed by atoms with Crippen molar-refractivity contribution in [3.05, 3.63) is 76.1 Å². The number of carbonyl (C=O) groups is 1. The molecule has 0 bridgehead atoms. The molecule has 2 aromatic carbocycles. The maximum Gasteiger partial charge on any atom is 0.257 e. The maximum absolute atomic E-state index is 14.0. The van der Waals surface area contributed by atoms with Crippen molar-refractivity contribution >= 4 is 27.7 Å². The van der Waals surface area contributed by atoms with Crippen LogP contribution in [0.15, 0.2) is 59.1 Å². The van der Waals surface area contributed by atoms with Crippen molar-refractivity contribution in [2.75, 3.05) is 5.32 Å². The van der Waals surface area contributed by atoms with Gasteiger partial charge in [-0.2, -0.15) is 5.10 Å². The van der Waals surface area contributed by atoms with Crippen LogP contribution in [-0.4, -0.2) is 15.7 Å². The topological polar surface area (TPSA) is 46.9 Å². The Morgan fingerprint density at radius 2 is 1.87 bits per heavy atom. The van der Waals surface area contributed by atoms with Gasteiger partial charge >= 0.3 is 0 Å². The Morgan fingerprint density at radius 1 is 1.17 bits per heavy atom. The summed E-state index contributed by atoms with van der Waals surface area (Å²) in [7, 11) is 0. The molecule has 116 valence electrons. The molecule has 3 rings (SSSR count). The van der Waals surface area contributed by atoms with Crippen LogP contribution in [-0.2, 0) is 0 Å². The summed E-state index contributed by atoms with van der Waals surface area (Å²) in [6, 6.07) is 15.1. The van der Waals surface area contributed by atoms with Crippen molar-refractivity contribution in [1.82, 2.24) is 9.78 Å². The first-order valence-corrected chi connectivity index (χ1v) is 7.73. The summed E-state index contributed by atoms with van der Waals surface area (Å²) >= 11 is 3.35. The smallest absolute Gasteiger partial charge is 0.257 e. The number of anilines is 1. The molecule has 0 saturated carbocycles. The van der Waals surface area contributed by atoms with Gasteiger partial charge in [-0.05, 0) is 47.1 Å². The zero-order chi connectivity index (χ0) is 16.4. The summed E-state index contributed by atoms with van der Waals surface area (Å²) in [5, 5.41) is 7.04. The van der Waals surface area contributed by atoms with Crippen molar-refractivity contribution in [3.63, 3.8) is 0 Å². The average Bonchev–Trinajstić information content (AvgIpc) is 2.88. The number of hydrogen-bond donors (Lipinski definition) is 1. The van der Waals surface area contributed by atoms with Crippen LogP contribution in [0.5, 0.6) is 0 Å². The molecule has 0 spiro atoms. The molecule has 0 saturated heterocycles. The number of aryl methyl sites for hydroxylation is 1. The third-order valence-electron chi connectivity index (χ3n) is 3.27. The van der Waals surface area contributed by atoms with Gasteiger partial charge in [-0.15, -0.1) is 0 Å². The number of benzene rings is 2. The van der Waals surface area contributed by atoms with E-state index in [9.17, 15) is 9.18 Å². The van der Waals surface area contributed by atoms with Crippen LogP contribution in [0.25, 0.3) is 5.69 Å². The van der Waals surface area contributed by atoms with Gasteiger partial charge in [-0.3, -0.25) is 4.79 Å². The summed E-state index contributed by atoms with van der Waals surface area (Å²) in [6.07, 6.45) is 0. The van der Waals surface area contributed by atoms with Gasteiger partial charge in [0.1, 0.15) is 17.3 Å². The van der Waals surface area contributed by atoms with Crippen LogP contribution in [0, 0.1) is 12.7 Å². The number of nitrogens with one attached hydrogen (secondary N) is 1. The third kappa shape index (κ3) is 3.17. The second kappa shape index (κ2) is 6.34. The van der Waals surface area contributed by atoms with Crippen molar-refractivity contribution in [3.8, 4) is 5.69 Å². The molecule has 0 aliphatic rings. The molecule has 0 atom stereocenters. The fraction of sp³-hybridized carbons (Fsp3) is 0.0588. The van der Waals surface area contributed by atoms with Crippen molar-refractivity contribution in [1.29, 1.82) is 0 Å². The lowest BCUT2D eigenvalue weighted by molar-refractivity contribution is 0.102. The van der Waals surface area contributed by atoms with Crippen molar-refractivity contribution in [2.24, 2.45) is 0 Å². The molecule has 1 heterocycles. The maximum atomic E-state index is 14.0. The fourth-order valence-corrected chi connectivity index (χ4v) is 2.69. The Labute approximate surface area is 141 Å². The average molecular weight is 374 g/mol. The molecule has 6 heteroatoms. The Morgan fingerprint density at radius 3 is 2.61 bits per heavy atom. The lowest BCUT2D eigenvalue weighted by Crippen LogP contribution is -2.16. The highest BCUT2D eigenvalue weighted by molar-refractivity contribution is 9.10. The summed E-state index contributed by atoms with van der Waals surface area (Å²) in [4.78, 5) is 12.4. The summed E-state index contributed by atoms with van der Waals surface area (Å²) < 4.78 is 16.1. The van der Waals surface area contributed by atoms with E-state index in [-0.39, 0.29) is 11.6 Å². The van der Waals surface area contributed by atoms with Gasteiger partial charge in [-0.1, -0.05) is 24.3 Å². The molecule has 23 heavy (non-hydrogen) atoms. The molecule has 3 aromatic rings. The number of nitrogens with zero attached hydrogens (tertiary/aromatic N) is 2. The highest BCUT2D eigenvalue weighted by Gasteiger charge is 2.15. The SMILES string of the molecule is Cc1cc(NC(=O)c2ccccc2Br)n(-c2ccccc2F)n1. The zero-order valence-corrected chi connectivity index (χ0v) is 13.8. The van der Waals surface area contributed by atoms with Gasteiger partial charge < -0.3 is 5.32 Å². The number of rotatable bonds is 3. The van der Waals surface area contributed by atoms with Crippen LogP contribution < -0.4 is 5.32 Å². The molecule has 0 aliphatic carbocycles. The van der Waals surface area contributed by atoms with Crippen molar-refractivity contribution < 1.29 is 9.18 Å². The minimum absolute atomic E-state index is 0.281. The Balaban J connectivity index is 1.97. The Kier molecular flexibility index (Phi) is 4.25. The van der Waals surface area contributed by atoms with E-state index in [1.54, 1.807) is 49.4 Å². The highest BCUT2D eigenvalue weighted by Crippen LogP contribution is 2.22. The fourth-order valence-electron chi connectivity index (χ4n) is 2.22. The lowest BCUT2D eigenvalue weighted by Gasteiger charge is -2.10. The molecule has 0 fully saturated rings. The summed E-state index contributed by atoms with van der Waals surface area (Å²) in [6.45, 7) is 1.78. The number of aromatic nitrogens is 2. The Hall–Kier alpha value is -2.47. The minimum Gasteiger partial charge on any atom is -0.306 e. The predicted octanol–water partition coefficient (Wildman–Crippen LogP) is 4.33. The second-order valence-corrected chi connectivity index (χ2v) is 5.82. The quantitative estimate of drug-likeness (QED) is 0.742. The monoisotopic (exact) mass is 373 g/mol. The zero-order valence-electron chi connectivity index (χ0n) is 12.3. The first-order chi connectivity index (χ1) is 11.1. The van der Waals surface area contributed by atoms with E-state index < -0.39 is 5.82 Å². The van der Waals surface area contributed by atoms with Crippen LogP contribution in [0.3, 0.4) is 0 Å². The lowest BCUT2D eigenvalue weighted by atomic mass is 10.2. The molecule has 1 amide bonds. The molecule has 1 N–H and O–H groups in total. The first kappa shape index (κ1) is 15.4. The molecule has 4 nitrogen and oxygen atoms in total. The number of para-hydroxylation sites is 1. The molecule has 0 unspecified atom stereocenters. The van der Waals surface area contributed by atoms with Crippen molar-refractivity contribution in [2.45, 2.75) is 6.92 Å². The van der Waals surface area contributed by atoms with Crippen LogP contribution in [0.2, 0.25) is 0 Å². The van der Waals surface area contributed by atoms with E-state index in [4.69, 9.17) is 0 Å². The molecule has 1 aromatic heterocycles. The van der Waals surface area contributed by atoms with Gasteiger partial charge in [0.15, 0.2) is 0 Å². The highest BCUT2D eigenvalue weighted by atomic mass is 79.9. The van der Waals surface area contributed by atoms with E-state index in [0.717, 1.165) is 0 Å². The number of carbonyl (C=O) groups excluding carboxylic acids is 1. The minimum atomic E-state index is -0.410. The number of amides is 1. The van der Waals surface area contributed by atoms with Gasteiger partial charge in [0, 0.05) is 10.5 Å². The molecule has 0 radical (unpaired) electrons. The Bertz CT molecular complexity index is 876. The number of hydrogen-bond acceptors (Lipinski definition) is 2. The van der Waals surface area contributed by atoms with E-state index in [2.05, 4.69) is 26.3 Å². The summed E-state index contributed by atoms with van der Waals surface area (Å²) in [5.41, 5.74) is 1.45. The summed E-state index contributed by atoms with van der Waals surface area (Å²) in [5.74, 6) is -0.296. The van der Waals surface area contributed by atoms with E-state index >= 15 is 0 Å². The van der Waals surface area contributed by atoms with Gasteiger partial charge in [0.05, 0.1) is 11.3 Å². The molecule has 0 aliphatic heterocycles. The number of halogens is 2. The van der Waals surface area contributed by atoms with Gasteiger partial charge in [0.2, 0.25) is 0 Å². The predicted molar refractivity (Wildman–Crippen MR) is 90.4 cm³/mol. The molecular weight excluding hydrogens is 361 g/mol. The largest absolute Gasteiger partial charge is 0.306 e. The first-order valence-electron chi connectivity index (χ1n) is 6.93. The van der Waals surface area contributed by atoms with Crippen LogP contribution in [0.4, 0.5) is 10.2 Å². The van der Waals surface area contributed by atoms with Gasteiger partial charge in [-0.25, -0.2) is 9.07 Å². The third-order valence-corrected chi connectivity index (χ3v) is 3.96. The van der Waals surface area contributed by atoms with Crippen LogP contribution in [0.1, 0.15) is 16.1 Å². The van der Waals surface area contributed by atoms with Gasteiger partial charge in [0.25, 0.3) is 5.91 Å². The van der Waals surface area contributed by atoms with E-state index in [1.165, 1.54) is 10.7 Å². The van der Waals surface area contributed by atoms with E-state index in [0.29, 0.717) is 21.5 Å². The second-order valence-electron chi connectivity index (χ2n) is 4.97.